The Morgan fingerprint density at radius 1 is 0.828 bits per heavy atom. The average molecular weight is 383 g/mol. The molecule has 0 saturated heterocycles. The minimum Gasteiger partial charge on any atom is -0.349 e. The molecule has 0 aliphatic heterocycles. The van der Waals surface area contributed by atoms with Gasteiger partial charge in [0.1, 0.15) is 5.69 Å². The van der Waals surface area contributed by atoms with Crippen LogP contribution in [0.5, 0.6) is 0 Å². The maximum absolute atomic E-state index is 12.9. The maximum atomic E-state index is 12.9. The summed E-state index contributed by atoms with van der Waals surface area (Å²) in [6.45, 7) is 2.37. The number of hydrogen-bond donors (Lipinski definition) is 3. The molecule has 0 fully saturated rings. The number of H-pyrrole nitrogens is 1. The van der Waals surface area contributed by atoms with E-state index in [1.54, 1.807) is 12.1 Å². The summed E-state index contributed by atoms with van der Waals surface area (Å²) >= 11 is 0. The average Bonchev–Trinajstić information content (AvgIpc) is 3.12. The van der Waals surface area contributed by atoms with E-state index < -0.39 is 0 Å². The molecule has 0 bridgehead atoms. The highest BCUT2D eigenvalue weighted by atomic mass is 16.2. The summed E-state index contributed by atoms with van der Waals surface area (Å²) in [6.07, 6.45) is 0. The zero-order chi connectivity index (χ0) is 20.2. The smallest absolute Gasteiger partial charge is 0.270 e. The Labute approximate surface area is 168 Å². The van der Waals surface area contributed by atoms with Crippen molar-refractivity contribution in [3.05, 3.63) is 101 Å². The summed E-state index contributed by atoms with van der Waals surface area (Å²) < 4.78 is 0. The number of carbonyl (C=O) groups excluding carboxylic acids is 2. The minimum absolute atomic E-state index is 0.258. The second-order valence-corrected chi connectivity index (χ2v) is 6.91. The van der Waals surface area contributed by atoms with E-state index in [1.807, 2.05) is 73.7 Å². The Morgan fingerprint density at radius 2 is 1.52 bits per heavy atom. The van der Waals surface area contributed by atoms with Crippen molar-refractivity contribution in [2.45, 2.75) is 13.5 Å². The van der Waals surface area contributed by atoms with E-state index in [2.05, 4.69) is 15.6 Å². The molecule has 4 rings (SSSR count). The number of benzene rings is 3. The third kappa shape index (κ3) is 4.04. The third-order valence-corrected chi connectivity index (χ3v) is 4.78. The number of hydrogen-bond acceptors (Lipinski definition) is 2. The van der Waals surface area contributed by atoms with E-state index in [0.29, 0.717) is 23.5 Å². The molecule has 2 amide bonds. The summed E-state index contributed by atoms with van der Waals surface area (Å²) in [6, 6.07) is 24.5. The topological polar surface area (TPSA) is 74.0 Å². The van der Waals surface area contributed by atoms with Crippen LogP contribution in [-0.4, -0.2) is 16.8 Å². The summed E-state index contributed by atoms with van der Waals surface area (Å²) in [5, 5.41) is 6.62. The number of nitrogens with one attached hydrogen (secondary N) is 3. The van der Waals surface area contributed by atoms with Crippen LogP contribution in [0.2, 0.25) is 0 Å². The van der Waals surface area contributed by atoms with Crippen LogP contribution < -0.4 is 10.6 Å². The summed E-state index contributed by atoms with van der Waals surface area (Å²) in [7, 11) is 0. The highest BCUT2D eigenvalue weighted by molar-refractivity contribution is 6.15. The second kappa shape index (κ2) is 8.02. The van der Waals surface area contributed by atoms with E-state index in [-0.39, 0.29) is 11.8 Å². The van der Waals surface area contributed by atoms with Gasteiger partial charge in [0, 0.05) is 23.0 Å². The Morgan fingerprint density at radius 3 is 2.28 bits per heavy atom. The number of amides is 2. The highest BCUT2D eigenvalue weighted by Gasteiger charge is 2.20. The van der Waals surface area contributed by atoms with E-state index in [4.69, 9.17) is 0 Å². The molecule has 0 spiro atoms. The number of aryl methyl sites for hydroxylation is 1. The van der Waals surface area contributed by atoms with Crippen LogP contribution in [0.3, 0.4) is 0 Å². The quantitative estimate of drug-likeness (QED) is 0.469. The number of aromatic amines is 1. The lowest BCUT2D eigenvalue weighted by Gasteiger charge is -2.09. The van der Waals surface area contributed by atoms with Gasteiger partial charge in [0.2, 0.25) is 0 Å². The van der Waals surface area contributed by atoms with Crippen LogP contribution in [0.4, 0.5) is 5.69 Å². The third-order valence-electron chi connectivity index (χ3n) is 4.78. The van der Waals surface area contributed by atoms with Gasteiger partial charge in [-0.3, -0.25) is 9.59 Å². The van der Waals surface area contributed by atoms with Gasteiger partial charge in [-0.1, -0.05) is 66.2 Å². The maximum Gasteiger partial charge on any atom is 0.270 e. The van der Waals surface area contributed by atoms with Gasteiger partial charge in [0.05, 0.1) is 5.69 Å². The fourth-order valence-electron chi connectivity index (χ4n) is 3.20. The summed E-state index contributed by atoms with van der Waals surface area (Å²) in [4.78, 5) is 28.8. The SMILES string of the molecule is Cc1ccc(C(=O)Nc2c(C(=O)NCc3ccccc3)[nH]c3ccccc23)cc1. The first-order valence-corrected chi connectivity index (χ1v) is 9.42. The number of carbonyl (C=O) groups is 2. The van der Waals surface area contributed by atoms with Crippen molar-refractivity contribution in [2.24, 2.45) is 0 Å². The minimum atomic E-state index is -0.274. The van der Waals surface area contributed by atoms with Gasteiger partial charge in [-0.25, -0.2) is 0 Å². The van der Waals surface area contributed by atoms with Crippen LogP contribution in [0.1, 0.15) is 32.0 Å². The summed E-state index contributed by atoms with van der Waals surface area (Å²) in [5.41, 5.74) is 4.23. The van der Waals surface area contributed by atoms with Crippen molar-refractivity contribution in [2.75, 3.05) is 5.32 Å². The lowest BCUT2D eigenvalue weighted by atomic mass is 10.1. The predicted octanol–water partition coefficient (Wildman–Crippen LogP) is 4.66. The van der Waals surface area contributed by atoms with Crippen LogP contribution >= 0.6 is 0 Å². The van der Waals surface area contributed by atoms with Gasteiger partial charge >= 0.3 is 0 Å². The first-order chi connectivity index (χ1) is 14.1. The van der Waals surface area contributed by atoms with E-state index in [0.717, 1.165) is 22.0 Å². The molecule has 0 radical (unpaired) electrons. The monoisotopic (exact) mass is 383 g/mol. The van der Waals surface area contributed by atoms with Crippen LogP contribution in [0.15, 0.2) is 78.9 Å². The van der Waals surface area contributed by atoms with Crippen molar-refractivity contribution in [1.82, 2.24) is 10.3 Å². The molecule has 0 unspecified atom stereocenters. The highest BCUT2D eigenvalue weighted by Crippen LogP contribution is 2.28. The van der Waals surface area contributed by atoms with Gasteiger partial charge in [-0.15, -0.1) is 0 Å². The lowest BCUT2D eigenvalue weighted by molar-refractivity contribution is 0.0947. The fraction of sp³-hybridized carbons (Fsp3) is 0.0833. The molecule has 0 aliphatic carbocycles. The molecule has 1 heterocycles. The zero-order valence-electron chi connectivity index (χ0n) is 16.0. The van der Waals surface area contributed by atoms with Crippen molar-refractivity contribution in [3.63, 3.8) is 0 Å². The molecule has 0 atom stereocenters. The molecular formula is C24H21N3O2. The standard InChI is InChI=1S/C24H21N3O2/c1-16-11-13-18(14-12-16)23(28)27-21-19-9-5-6-10-20(19)26-22(21)24(29)25-15-17-7-3-2-4-8-17/h2-14,26H,15H2,1H3,(H,25,29)(H,27,28). The van der Waals surface area contributed by atoms with E-state index in [9.17, 15) is 9.59 Å². The van der Waals surface area contributed by atoms with Crippen molar-refractivity contribution in [1.29, 1.82) is 0 Å². The lowest BCUT2D eigenvalue weighted by Crippen LogP contribution is -2.25. The van der Waals surface area contributed by atoms with E-state index in [1.165, 1.54) is 0 Å². The first kappa shape index (κ1) is 18.5. The molecule has 29 heavy (non-hydrogen) atoms. The molecule has 1 aromatic heterocycles. The molecule has 0 saturated carbocycles. The number of para-hydroxylation sites is 1. The van der Waals surface area contributed by atoms with Crippen LogP contribution in [-0.2, 0) is 6.54 Å². The first-order valence-electron chi connectivity index (χ1n) is 9.42. The Balaban J connectivity index is 1.62. The van der Waals surface area contributed by atoms with Gasteiger partial charge in [0.15, 0.2) is 0 Å². The molecule has 5 heteroatoms. The van der Waals surface area contributed by atoms with Gasteiger partial charge in [-0.2, -0.15) is 0 Å². The Kier molecular flexibility index (Phi) is 5.12. The van der Waals surface area contributed by atoms with Crippen molar-refractivity contribution >= 4 is 28.4 Å². The van der Waals surface area contributed by atoms with Crippen LogP contribution in [0.25, 0.3) is 10.9 Å². The molecule has 0 aliphatic rings. The van der Waals surface area contributed by atoms with Gasteiger partial charge < -0.3 is 15.6 Å². The largest absolute Gasteiger partial charge is 0.349 e. The second-order valence-electron chi connectivity index (χ2n) is 6.91. The molecule has 3 N–H and O–H groups in total. The number of rotatable bonds is 5. The predicted molar refractivity (Wildman–Crippen MR) is 115 cm³/mol. The molecule has 4 aromatic rings. The van der Waals surface area contributed by atoms with Crippen LogP contribution in [0, 0.1) is 6.92 Å². The van der Waals surface area contributed by atoms with Gasteiger partial charge in [0.25, 0.3) is 11.8 Å². The molecule has 144 valence electrons. The van der Waals surface area contributed by atoms with Crippen molar-refractivity contribution < 1.29 is 9.59 Å². The van der Waals surface area contributed by atoms with Crippen molar-refractivity contribution in [3.8, 4) is 0 Å². The Hall–Kier alpha value is -3.86. The number of aromatic nitrogens is 1. The molecular weight excluding hydrogens is 362 g/mol. The zero-order valence-corrected chi connectivity index (χ0v) is 16.0. The summed E-state index contributed by atoms with van der Waals surface area (Å²) in [5.74, 6) is -0.531. The fourth-order valence-corrected chi connectivity index (χ4v) is 3.20. The number of anilines is 1. The van der Waals surface area contributed by atoms with Gasteiger partial charge in [-0.05, 0) is 30.7 Å². The molecule has 3 aromatic carbocycles. The number of fused-ring (bicyclic) bond motifs is 1. The Bertz CT molecular complexity index is 1160. The molecule has 5 nitrogen and oxygen atoms in total. The normalized spacial score (nSPS) is 10.7. The van der Waals surface area contributed by atoms with E-state index >= 15 is 0 Å².